The number of rotatable bonds is 3. The summed E-state index contributed by atoms with van der Waals surface area (Å²) in [5.74, 6) is 2.31. The van der Waals surface area contributed by atoms with E-state index in [0.717, 1.165) is 11.1 Å². The molecular formula is C12H12N2O4. The molecule has 1 aliphatic rings. The van der Waals surface area contributed by atoms with E-state index in [2.05, 4.69) is 5.16 Å². The standard InChI is InChI=1S/C12H12N2O4/c1-15-5-7-2-10-11(17-6-16-10)3-8(7)9-4-12(13)14-18-9/h2-4H,5-6H2,1H3,(H2,13,14). The fourth-order valence-corrected chi connectivity index (χ4v) is 1.90. The zero-order chi connectivity index (χ0) is 12.5. The number of fused-ring (bicyclic) bond motifs is 1. The summed E-state index contributed by atoms with van der Waals surface area (Å²) in [6.45, 7) is 0.663. The first-order valence-electron chi connectivity index (χ1n) is 5.42. The SMILES string of the molecule is COCc1cc2c(cc1-c1cc(N)no1)OCO2. The molecule has 0 aliphatic carbocycles. The molecule has 6 heteroatoms. The van der Waals surface area contributed by atoms with Crippen molar-refractivity contribution in [3.8, 4) is 22.8 Å². The van der Waals surface area contributed by atoms with Gasteiger partial charge in [-0.2, -0.15) is 0 Å². The van der Waals surface area contributed by atoms with Crippen LogP contribution in [0.3, 0.4) is 0 Å². The summed E-state index contributed by atoms with van der Waals surface area (Å²) in [6.07, 6.45) is 0. The molecule has 0 saturated carbocycles. The smallest absolute Gasteiger partial charge is 0.231 e. The Bertz CT molecular complexity index is 579. The molecule has 6 nitrogen and oxygen atoms in total. The van der Waals surface area contributed by atoms with E-state index in [-0.39, 0.29) is 6.79 Å². The summed E-state index contributed by atoms with van der Waals surface area (Å²) >= 11 is 0. The van der Waals surface area contributed by atoms with Crippen LogP contribution in [0.2, 0.25) is 0 Å². The molecule has 0 unspecified atom stereocenters. The first-order chi connectivity index (χ1) is 8.78. The van der Waals surface area contributed by atoms with E-state index < -0.39 is 0 Å². The molecule has 3 rings (SSSR count). The molecule has 2 aromatic rings. The van der Waals surface area contributed by atoms with Crippen LogP contribution < -0.4 is 15.2 Å². The predicted octanol–water partition coefficient (Wildman–Crippen LogP) is 1.80. The van der Waals surface area contributed by atoms with E-state index >= 15 is 0 Å². The summed E-state index contributed by atoms with van der Waals surface area (Å²) in [4.78, 5) is 0. The average molecular weight is 248 g/mol. The molecule has 0 saturated heterocycles. The van der Waals surface area contributed by atoms with Crippen molar-refractivity contribution in [2.45, 2.75) is 6.61 Å². The van der Waals surface area contributed by atoms with Crippen LogP contribution in [0, 0.1) is 0 Å². The molecule has 94 valence electrons. The second-order valence-corrected chi connectivity index (χ2v) is 3.91. The van der Waals surface area contributed by atoms with Crippen molar-refractivity contribution in [2.75, 3.05) is 19.6 Å². The third-order valence-electron chi connectivity index (χ3n) is 2.69. The number of nitrogens with zero attached hydrogens (tertiary/aromatic N) is 1. The molecule has 0 amide bonds. The Kier molecular flexibility index (Phi) is 2.56. The molecular weight excluding hydrogens is 236 g/mol. The third kappa shape index (κ3) is 1.76. The lowest BCUT2D eigenvalue weighted by molar-refractivity contribution is 0.173. The molecule has 0 bridgehead atoms. The maximum atomic E-state index is 5.56. The minimum Gasteiger partial charge on any atom is -0.454 e. The number of benzene rings is 1. The molecule has 0 fully saturated rings. The van der Waals surface area contributed by atoms with E-state index in [1.54, 1.807) is 13.2 Å². The van der Waals surface area contributed by atoms with Crippen LogP contribution >= 0.6 is 0 Å². The highest BCUT2D eigenvalue weighted by Gasteiger charge is 2.20. The topological polar surface area (TPSA) is 79.7 Å². The van der Waals surface area contributed by atoms with Gasteiger partial charge in [0.2, 0.25) is 6.79 Å². The maximum absolute atomic E-state index is 5.56. The Balaban J connectivity index is 2.11. The Hall–Kier alpha value is -2.21. The maximum Gasteiger partial charge on any atom is 0.231 e. The molecule has 1 aliphatic heterocycles. The molecule has 18 heavy (non-hydrogen) atoms. The Labute approximate surface area is 103 Å². The van der Waals surface area contributed by atoms with Crippen molar-refractivity contribution in [3.05, 3.63) is 23.8 Å². The molecule has 0 atom stereocenters. The summed E-state index contributed by atoms with van der Waals surface area (Å²) in [7, 11) is 1.63. The van der Waals surface area contributed by atoms with Gasteiger partial charge < -0.3 is 24.5 Å². The number of methoxy groups -OCH3 is 1. The lowest BCUT2D eigenvalue weighted by atomic mass is 10.0. The van der Waals surface area contributed by atoms with Crippen molar-refractivity contribution in [1.29, 1.82) is 0 Å². The second kappa shape index (κ2) is 4.23. The predicted molar refractivity (Wildman–Crippen MR) is 63.2 cm³/mol. The van der Waals surface area contributed by atoms with Crippen LogP contribution in [0.25, 0.3) is 11.3 Å². The molecule has 0 spiro atoms. The van der Waals surface area contributed by atoms with E-state index in [4.69, 9.17) is 24.5 Å². The first kappa shape index (κ1) is 10.9. The van der Waals surface area contributed by atoms with Gasteiger partial charge in [-0.25, -0.2) is 0 Å². The fourth-order valence-electron chi connectivity index (χ4n) is 1.90. The zero-order valence-corrected chi connectivity index (χ0v) is 9.80. The summed E-state index contributed by atoms with van der Waals surface area (Å²) in [6, 6.07) is 5.38. The van der Waals surface area contributed by atoms with Crippen molar-refractivity contribution < 1.29 is 18.7 Å². The lowest BCUT2D eigenvalue weighted by Gasteiger charge is -2.07. The fraction of sp³-hybridized carbons (Fsp3) is 0.250. The zero-order valence-electron chi connectivity index (χ0n) is 9.80. The van der Waals surface area contributed by atoms with Crippen molar-refractivity contribution in [3.63, 3.8) is 0 Å². The van der Waals surface area contributed by atoms with Crippen LogP contribution in [0.1, 0.15) is 5.56 Å². The van der Waals surface area contributed by atoms with Gasteiger partial charge in [-0.3, -0.25) is 0 Å². The van der Waals surface area contributed by atoms with E-state index in [0.29, 0.717) is 29.7 Å². The van der Waals surface area contributed by atoms with Crippen LogP contribution in [0.5, 0.6) is 11.5 Å². The minimum absolute atomic E-state index is 0.226. The van der Waals surface area contributed by atoms with E-state index in [1.165, 1.54) is 0 Å². The van der Waals surface area contributed by atoms with E-state index in [9.17, 15) is 0 Å². The Morgan fingerprint density at radius 2 is 2.06 bits per heavy atom. The van der Waals surface area contributed by atoms with Crippen molar-refractivity contribution in [1.82, 2.24) is 5.16 Å². The van der Waals surface area contributed by atoms with Gasteiger partial charge in [-0.05, 0) is 17.7 Å². The normalized spacial score (nSPS) is 12.9. The Morgan fingerprint density at radius 3 is 2.72 bits per heavy atom. The van der Waals surface area contributed by atoms with Gasteiger partial charge in [-0.1, -0.05) is 5.16 Å². The second-order valence-electron chi connectivity index (χ2n) is 3.91. The number of ether oxygens (including phenoxy) is 3. The number of nitrogens with two attached hydrogens (primary N) is 1. The molecule has 1 aromatic carbocycles. The number of anilines is 1. The number of aromatic nitrogens is 1. The average Bonchev–Trinajstić information content (AvgIpc) is 2.96. The van der Waals surface area contributed by atoms with Gasteiger partial charge in [0.05, 0.1) is 6.61 Å². The number of hydrogen-bond donors (Lipinski definition) is 1. The highest BCUT2D eigenvalue weighted by atomic mass is 16.7. The largest absolute Gasteiger partial charge is 0.454 e. The molecule has 2 heterocycles. The quantitative estimate of drug-likeness (QED) is 0.892. The van der Waals surface area contributed by atoms with Crippen molar-refractivity contribution in [2.24, 2.45) is 0 Å². The molecule has 2 N–H and O–H groups in total. The lowest BCUT2D eigenvalue weighted by Crippen LogP contribution is -1.93. The molecule has 0 radical (unpaired) electrons. The molecule has 1 aromatic heterocycles. The van der Waals surface area contributed by atoms with Gasteiger partial charge in [0, 0.05) is 18.7 Å². The van der Waals surface area contributed by atoms with Gasteiger partial charge in [0.25, 0.3) is 0 Å². The first-order valence-corrected chi connectivity index (χ1v) is 5.42. The van der Waals surface area contributed by atoms with Gasteiger partial charge in [0.1, 0.15) is 0 Å². The summed E-state index contributed by atoms with van der Waals surface area (Å²) in [5, 5.41) is 3.68. The van der Waals surface area contributed by atoms with E-state index in [1.807, 2.05) is 12.1 Å². The Morgan fingerprint density at radius 1 is 1.28 bits per heavy atom. The third-order valence-corrected chi connectivity index (χ3v) is 2.69. The summed E-state index contributed by atoms with van der Waals surface area (Å²) in [5.41, 5.74) is 7.33. The number of nitrogen functional groups attached to an aromatic ring is 1. The number of hydrogen-bond acceptors (Lipinski definition) is 6. The van der Waals surface area contributed by atoms with Crippen LogP contribution in [0.4, 0.5) is 5.82 Å². The van der Waals surface area contributed by atoms with Crippen molar-refractivity contribution >= 4 is 5.82 Å². The van der Waals surface area contributed by atoms with Crippen LogP contribution in [-0.2, 0) is 11.3 Å². The van der Waals surface area contributed by atoms with Gasteiger partial charge >= 0.3 is 0 Å². The van der Waals surface area contributed by atoms with Gasteiger partial charge in [0.15, 0.2) is 23.1 Å². The highest BCUT2D eigenvalue weighted by Crippen LogP contribution is 2.39. The van der Waals surface area contributed by atoms with Gasteiger partial charge in [-0.15, -0.1) is 0 Å². The van der Waals surface area contributed by atoms with Crippen LogP contribution in [-0.4, -0.2) is 19.1 Å². The van der Waals surface area contributed by atoms with Crippen LogP contribution in [0.15, 0.2) is 22.7 Å². The monoisotopic (exact) mass is 248 g/mol. The minimum atomic E-state index is 0.226. The highest BCUT2D eigenvalue weighted by molar-refractivity contribution is 5.69. The summed E-state index contributed by atoms with van der Waals surface area (Å²) < 4.78 is 21.0.